The van der Waals surface area contributed by atoms with E-state index in [9.17, 15) is 9.59 Å². The number of hydrogen-bond acceptors (Lipinski definition) is 5. The van der Waals surface area contributed by atoms with E-state index in [1.807, 2.05) is 29.5 Å². The van der Waals surface area contributed by atoms with Gasteiger partial charge in [-0.2, -0.15) is 5.10 Å². The summed E-state index contributed by atoms with van der Waals surface area (Å²) >= 11 is 0. The molecular formula is C19H25N5O3. The normalized spacial score (nSPS) is 19.9. The van der Waals surface area contributed by atoms with Crippen molar-refractivity contribution >= 4 is 11.8 Å². The molecule has 4 rings (SSSR count). The van der Waals surface area contributed by atoms with Gasteiger partial charge < -0.3 is 14.7 Å². The largest absolute Gasteiger partial charge is 0.361 e. The maximum atomic E-state index is 12.5. The van der Waals surface area contributed by atoms with Crippen LogP contribution in [0.2, 0.25) is 0 Å². The minimum atomic E-state index is -0.145. The van der Waals surface area contributed by atoms with Crippen LogP contribution in [0.4, 0.5) is 0 Å². The summed E-state index contributed by atoms with van der Waals surface area (Å²) in [4.78, 5) is 26.9. The Labute approximate surface area is 157 Å². The van der Waals surface area contributed by atoms with E-state index >= 15 is 0 Å². The Morgan fingerprint density at radius 1 is 1.30 bits per heavy atom. The number of aryl methyl sites for hydroxylation is 4. The number of carbonyl (C=O) groups is 2. The molecule has 2 aromatic heterocycles. The molecule has 144 valence electrons. The topological polar surface area (TPSA) is 93.3 Å². The van der Waals surface area contributed by atoms with E-state index in [0.717, 1.165) is 48.5 Å². The maximum Gasteiger partial charge on any atom is 0.272 e. The summed E-state index contributed by atoms with van der Waals surface area (Å²) in [6, 6.07) is 1.86. The molecule has 0 aliphatic carbocycles. The van der Waals surface area contributed by atoms with Crippen molar-refractivity contribution in [1.29, 1.82) is 0 Å². The number of likely N-dealkylation sites (tertiary alicyclic amines) is 1. The Kier molecular flexibility index (Phi) is 4.72. The highest BCUT2D eigenvalue weighted by atomic mass is 16.5. The number of nitrogens with zero attached hydrogens (tertiary/aromatic N) is 4. The van der Waals surface area contributed by atoms with Gasteiger partial charge in [0.2, 0.25) is 5.91 Å². The molecule has 0 aromatic carbocycles. The third kappa shape index (κ3) is 3.61. The molecule has 2 aromatic rings. The molecule has 1 unspecified atom stereocenters. The minimum Gasteiger partial charge on any atom is -0.361 e. The first kappa shape index (κ1) is 17.8. The second kappa shape index (κ2) is 7.17. The van der Waals surface area contributed by atoms with Crippen LogP contribution in [0.25, 0.3) is 0 Å². The van der Waals surface area contributed by atoms with Crippen LogP contribution >= 0.6 is 0 Å². The Hall–Kier alpha value is -2.64. The molecule has 1 N–H and O–H groups in total. The molecule has 8 heteroatoms. The van der Waals surface area contributed by atoms with Crippen LogP contribution in [-0.2, 0) is 24.3 Å². The van der Waals surface area contributed by atoms with Gasteiger partial charge in [-0.15, -0.1) is 0 Å². The number of amides is 2. The smallest absolute Gasteiger partial charge is 0.272 e. The lowest BCUT2D eigenvalue weighted by Crippen LogP contribution is -2.36. The fourth-order valence-electron chi connectivity index (χ4n) is 3.90. The minimum absolute atomic E-state index is 0.0207. The lowest BCUT2D eigenvalue weighted by atomic mass is 10.1. The van der Waals surface area contributed by atoms with Crippen LogP contribution in [0, 0.1) is 13.8 Å². The van der Waals surface area contributed by atoms with Gasteiger partial charge >= 0.3 is 0 Å². The van der Waals surface area contributed by atoms with Crippen molar-refractivity contribution in [2.75, 3.05) is 6.54 Å². The van der Waals surface area contributed by atoms with Gasteiger partial charge in [0, 0.05) is 36.8 Å². The number of hydrogen-bond donors (Lipinski definition) is 1. The number of aromatic nitrogens is 3. The van der Waals surface area contributed by atoms with E-state index in [0.29, 0.717) is 31.6 Å². The number of fused-ring (bicyclic) bond motifs is 1. The van der Waals surface area contributed by atoms with Gasteiger partial charge in [-0.1, -0.05) is 5.16 Å². The van der Waals surface area contributed by atoms with E-state index in [2.05, 4.69) is 15.6 Å². The highest BCUT2D eigenvalue weighted by molar-refractivity contribution is 5.92. The Morgan fingerprint density at radius 2 is 2.15 bits per heavy atom. The lowest BCUT2D eigenvalue weighted by molar-refractivity contribution is -0.131. The van der Waals surface area contributed by atoms with Crippen LogP contribution in [0.5, 0.6) is 0 Å². The molecule has 0 bridgehead atoms. The van der Waals surface area contributed by atoms with Crippen molar-refractivity contribution in [1.82, 2.24) is 25.2 Å². The summed E-state index contributed by atoms with van der Waals surface area (Å²) in [7, 11) is 0. The zero-order valence-corrected chi connectivity index (χ0v) is 15.8. The summed E-state index contributed by atoms with van der Waals surface area (Å²) < 4.78 is 7.11. The fourth-order valence-corrected chi connectivity index (χ4v) is 3.90. The van der Waals surface area contributed by atoms with E-state index in [-0.39, 0.29) is 17.9 Å². The molecule has 2 amide bonds. The number of nitrogens with one attached hydrogen (secondary N) is 1. The maximum absolute atomic E-state index is 12.5. The third-order valence-corrected chi connectivity index (χ3v) is 5.57. The van der Waals surface area contributed by atoms with Crippen molar-refractivity contribution in [3.63, 3.8) is 0 Å². The van der Waals surface area contributed by atoms with E-state index in [4.69, 9.17) is 4.52 Å². The van der Waals surface area contributed by atoms with Crippen molar-refractivity contribution in [2.24, 2.45) is 0 Å². The van der Waals surface area contributed by atoms with Crippen molar-refractivity contribution < 1.29 is 14.1 Å². The molecule has 8 nitrogen and oxygen atoms in total. The average molecular weight is 371 g/mol. The molecule has 1 saturated heterocycles. The van der Waals surface area contributed by atoms with E-state index in [1.54, 1.807) is 0 Å². The van der Waals surface area contributed by atoms with Crippen LogP contribution in [0.1, 0.15) is 58.9 Å². The highest BCUT2D eigenvalue weighted by Gasteiger charge is 2.26. The second-order valence-electron chi connectivity index (χ2n) is 7.46. The summed E-state index contributed by atoms with van der Waals surface area (Å²) in [5.41, 5.74) is 3.40. The first-order valence-electron chi connectivity index (χ1n) is 9.58. The first-order chi connectivity index (χ1) is 13.0. The van der Waals surface area contributed by atoms with Crippen LogP contribution in [-0.4, -0.2) is 44.2 Å². The van der Waals surface area contributed by atoms with E-state index < -0.39 is 0 Å². The van der Waals surface area contributed by atoms with Gasteiger partial charge in [0.1, 0.15) is 11.5 Å². The Bertz CT molecular complexity index is 828. The van der Waals surface area contributed by atoms with Crippen LogP contribution in [0.3, 0.4) is 0 Å². The number of rotatable bonds is 4. The lowest BCUT2D eigenvalue weighted by Gasteiger charge is -2.21. The monoisotopic (exact) mass is 371 g/mol. The van der Waals surface area contributed by atoms with Crippen molar-refractivity contribution in [3.05, 3.63) is 34.5 Å². The molecule has 2 aliphatic heterocycles. The van der Waals surface area contributed by atoms with Gasteiger partial charge in [0.25, 0.3) is 5.91 Å². The summed E-state index contributed by atoms with van der Waals surface area (Å²) in [5, 5.41) is 11.4. The molecule has 0 saturated carbocycles. The van der Waals surface area contributed by atoms with Gasteiger partial charge in [0.05, 0.1) is 12.2 Å². The zero-order chi connectivity index (χ0) is 19.0. The average Bonchev–Trinajstić information content (AvgIpc) is 3.29. The molecule has 0 radical (unpaired) electrons. The van der Waals surface area contributed by atoms with Gasteiger partial charge in [-0.3, -0.25) is 14.3 Å². The van der Waals surface area contributed by atoms with Crippen molar-refractivity contribution in [3.8, 4) is 0 Å². The highest BCUT2D eigenvalue weighted by Crippen LogP contribution is 2.20. The van der Waals surface area contributed by atoms with Crippen LogP contribution < -0.4 is 5.32 Å². The second-order valence-corrected chi connectivity index (χ2v) is 7.46. The molecule has 0 spiro atoms. The molecular weight excluding hydrogens is 346 g/mol. The number of carbonyl (C=O) groups excluding carboxylic acids is 2. The molecule has 4 heterocycles. The summed E-state index contributed by atoms with van der Waals surface area (Å²) in [6.07, 6.45) is 3.88. The summed E-state index contributed by atoms with van der Waals surface area (Å²) in [5.74, 6) is 0.712. The van der Waals surface area contributed by atoms with Gasteiger partial charge in [-0.05, 0) is 45.6 Å². The third-order valence-electron chi connectivity index (χ3n) is 5.57. The van der Waals surface area contributed by atoms with E-state index in [1.165, 1.54) is 0 Å². The Morgan fingerprint density at radius 3 is 2.89 bits per heavy atom. The fraction of sp³-hybridized carbons (Fsp3) is 0.579. The summed E-state index contributed by atoms with van der Waals surface area (Å²) in [6.45, 7) is 5.75. The SMILES string of the molecule is Cc1noc(C)c1CN1CCC(NC(=O)c2cc3n(n2)CCC3)CCC1=O. The van der Waals surface area contributed by atoms with Gasteiger partial charge in [-0.25, -0.2) is 0 Å². The standard InChI is InChI=1S/C19H25N5O3/c1-12-16(13(2)27-22-12)11-23-9-7-14(5-6-18(23)25)20-19(26)17-10-15-4-3-8-24(15)21-17/h10,14H,3-9,11H2,1-2H3,(H,20,26). The van der Waals surface area contributed by atoms with Crippen molar-refractivity contribution in [2.45, 2.75) is 65.1 Å². The first-order valence-corrected chi connectivity index (χ1v) is 9.58. The predicted octanol–water partition coefficient (Wildman–Crippen LogP) is 1.75. The molecule has 1 atom stereocenters. The molecule has 27 heavy (non-hydrogen) atoms. The molecule has 1 fully saturated rings. The zero-order valence-electron chi connectivity index (χ0n) is 15.8. The Balaban J connectivity index is 1.37. The molecule has 2 aliphatic rings. The van der Waals surface area contributed by atoms with Gasteiger partial charge in [0.15, 0.2) is 0 Å². The predicted molar refractivity (Wildman–Crippen MR) is 97.0 cm³/mol. The van der Waals surface area contributed by atoms with Crippen LogP contribution in [0.15, 0.2) is 10.6 Å². The quantitative estimate of drug-likeness (QED) is 0.884.